The highest BCUT2D eigenvalue weighted by molar-refractivity contribution is 6.33. The van der Waals surface area contributed by atoms with Gasteiger partial charge in [0, 0.05) is 5.56 Å². The second-order valence-corrected chi connectivity index (χ2v) is 6.08. The van der Waals surface area contributed by atoms with Crippen molar-refractivity contribution in [3.8, 4) is 11.3 Å². The minimum absolute atomic E-state index is 0.0207. The van der Waals surface area contributed by atoms with Gasteiger partial charge in [-0.3, -0.25) is 0 Å². The third-order valence-corrected chi connectivity index (χ3v) is 4.19. The maximum absolute atomic E-state index is 11.2. The number of aromatic nitrogens is 2. The summed E-state index contributed by atoms with van der Waals surface area (Å²) in [6.07, 6.45) is 1.50. The molecule has 2 heterocycles. The lowest BCUT2D eigenvalue weighted by Crippen LogP contribution is -1.97. The SMILES string of the molecule is O=C(O)c1cc(-c2ccc(/C=N/Nc3nc4ccccc4[nH]3)o2)ccc1Cl. The van der Waals surface area contributed by atoms with Crippen LogP contribution in [0.3, 0.4) is 0 Å². The number of aromatic amines is 1. The molecule has 3 N–H and O–H groups in total. The number of aromatic carboxylic acids is 1. The first-order chi connectivity index (χ1) is 13.1. The van der Waals surface area contributed by atoms with Crippen LogP contribution >= 0.6 is 11.6 Å². The van der Waals surface area contributed by atoms with Gasteiger partial charge in [0.05, 0.1) is 27.8 Å². The first kappa shape index (κ1) is 16.9. The van der Waals surface area contributed by atoms with Crippen LogP contribution in [0.15, 0.2) is 64.1 Å². The van der Waals surface area contributed by atoms with Crippen molar-refractivity contribution in [1.82, 2.24) is 9.97 Å². The number of furan rings is 1. The fourth-order valence-electron chi connectivity index (χ4n) is 2.58. The number of anilines is 1. The fraction of sp³-hybridized carbons (Fsp3) is 0. The van der Waals surface area contributed by atoms with Crippen LogP contribution in [0, 0.1) is 0 Å². The number of imidazole rings is 1. The number of nitrogens with zero attached hydrogens (tertiary/aromatic N) is 2. The van der Waals surface area contributed by atoms with E-state index in [9.17, 15) is 4.79 Å². The Kier molecular flexibility index (Phi) is 4.35. The molecule has 0 unspecified atom stereocenters. The van der Waals surface area contributed by atoms with Gasteiger partial charge in [0.25, 0.3) is 0 Å². The zero-order chi connectivity index (χ0) is 18.8. The molecule has 0 bridgehead atoms. The molecule has 134 valence electrons. The molecule has 0 amide bonds. The second kappa shape index (κ2) is 6.97. The molecule has 8 heteroatoms. The van der Waals surface area contributed by atoms with Crippen molar-refractivity contribution < 1.29 is 14.3 Å². The Morgan fingerprint density at radius 1 is 1.22 bits per heavy atom. The van der Waals surface area contributed by atoms with E-state index in [2.05, 4.69) is 20.5 Å². The molecule has 7 nitrogen and oxygen atoms in total. The molecule has 0 fully saturated rings. The number of nitrogens with one attached hydrogen (secondary N) is 2. The quantitative estimate of drug-likeness (QED) is 0.346. The predicted octanol–water partition coefficient (Wildman–Crippen LogP) is 4.62. The highest BCUT2D eigenvalue weighted by Crippen LogP contribution is 2.26. The van der Waals surface area contributed by atoms with Crippen molar-refractivity contribution in [2.75, 3.05) is 5.43 Å². The van der Waals surface area contributed by atoms with Crippen molar-refractivity contribution >= 4 is 40.8 Å². The monoisotopic (exact) mass is 380 g/mol. The van der Waals surface area contributed by atoms with Gasteiger partial charge in [-0.05, 0) is 42.5 Å². The van der Waals surface area contributed by atoms with Gasteiger partial charge < -0.3 is 14.5 Å². The van der Waals surface area contributed by atoms with Crippen LogP contribution in [0.2, 0.25) is 5.02 Å². The summed E-state index contributed by atoms with van der Waals surface area (Å²) < 4.78 is 5.69. The van der Waals surface area contributed by atoms with Crippen LogP contribution in [0.5, 0.6) is 0 Å². The number of benzene rings is 2. The summed E-state index contributed by atoms with van der Waals surface area (Å²) >= 11 is 5.89. The van der Waals surface area contributed by atoms with Crippen LogP contribution in [-0.2, 0) is 0 Å². The molecule has 0 aliphatic heterocycles. The van der Waals surface area contributed by atoms with Crippen molar-refractivity contribution in [2.24, 2.45) is 5.10 Å². The van der Waals surface area contributed by atoms with Gasteiger partial charge in [-0.15, -0.1) is 0 Å². The number of hydrazone groups is 1. The molecule has 0 aliphatic rings. The molecule has 2 aromatic carbocycles. The maximum Gasteiger partial charge on any atom is 0.337 e. The van der Waals surface area contributed by atoms with E-state index in [1.165, 1.54) is 18.3 Å². The summed E-state index contributed by atoms with van der Waals surface area (Å²) in [4.78, 5) is 18.7. The Bertz CT molecular complexity index is 1130. The molecular formula is C19H13ClN4O3. The molecule has 0 radical (unpaired) electrons. The zero-order valence-corrected chi connectivity index (χ0v) is 14.6. The standard InChI is InChI=1S/C19H13ClN4O3/c20-14-7-5-11(9-13(14)18(25)26)17-8-6-12(27-17)10-21-24-19-22-15-3-1-2-4-16(15)23-19/h1-10H,(H,25,26)(H2,22,23,24)/b21-10+. The lowest BCUT2D eigenvalue weighted by Gasteiger charge is -2.01. The highest BCUT2D eigenvalue weighted by Gasteiger charge is 2.12. The third kappa shape index (κ3) is 3.54. The van der Waals surface area contributed by atoms with Crippen LogP contribution in [-0.4, -0.2) is 27.3 Å². The van der Waals surface area contributed by atoms with E-state index in [1.807, 2.05) is 24.3 Å². The average Bonchev–Trinajstić information content (AvgIpc) is 3.28. The zero-order valence-electron chi connectivity index (χ0n) is 13.8. The Morgan fingerprint density at radius 3 is 2.89 bits per heavy atom. The summed E-state index contributed by atoms with van der Waals surface area (Å²) in [6, 6.07) is 15.8. The first-order valence-electron chi connectivity index (χ1n) is 7.97. The number of carboxylic acid groups (broad SMARTS) is 1. The largest absolute Gasteiger partial charge is 0.478 e. The lowest BCUT2D eigenvalue weighted by atomic mass is 10.1. The number of hydrogen-bond acceptors (Lipinski definition) is 5. The highest BCUT2D eigenvalue weighted by atomic mass is 35.5. The minimum atomic E-state index is -1.09. The molecule has 0 spiro atoms. The van der Waals surface area contributed by atoms with Crippen molar-refractivity contribution in [3.63, 3.8) is 0 Å². The Morgan fingerprint density at radius 2 is 2.07 bits per heavy atom. The van der Waals surface area contributed by atoms with Gasteiger partial charge in [-0.25, -0.2) is 15.2 Å². The summed E-state index contributed by atoms with van der Waals surface area (Å²) in [7, 11) is 0. The number of hydrogen-bond donors (Lipinski definition) is 3. The third-order valence-electron chi connectivity index (χ3n) is 3.86. The number of fused-ring (bicyclic) bond motifs is 1. The Balaban J connectivity index is 1.50. The van der Waals surface area contributed by atoms with Gasteiger partial charge in [-0.2, -0.15) is 5.10 Å². The lowest BCUT2D eigenvalue weighted by molar-refractivity contribution is 0.0697. The van der Waals surface area contributed by atoms with E-state index < -0.39 is 5.97 Å². The smallest absolute Gasteiger partial charge is 0.337 e. The van der Waals surface area contributed by atoms with Crippen LogP contribution < -0.4 is 5.43 Å². The van der Waals surface area contributed by atoms with Crippen molar-refractivity contribution in [3.05, 3.63) is 70.9 Å². The Labute approximate surface area is 158 Å². The van der Waals surface area contributed by atoms with Crippen LogP contribution in [0.1, 0.15) is 16.1 Å². The van der Waals surface area contributed by atoms with E-state index in [1.54, 1.807) is 18.2 Å². The number of H-pyrrole nitrogens is 1. The molecule has 0 saturated heterocycles. The number of para-hydroxylation sites is 2. The van der Waals surface area contributed by atoms with E-state index in [4.69, 9.17) is 21.1 Å². The number of rotatable bonds is 5. The van der Waals surface area contributed by atoms with E-state index in [0.717, 1.165) is 11.0 Å². The summed E-state index contributed by atoms with van der Waals surface area (Å²) in [5.74, 6) is 0.438. The van der Waals surface area contributed by atoms with Crippen LogP contribution in [0.4, 0.5) is 5.95 Å². The first-order valence-corrected chi connectivity index (χ1v) is 8.35. The molecule has 2 aromatic heterocycles. The van der Waals surface area contributed by atoms with Crippen molar-refractivity contribution in [1.29, 1.82) is 0 Å². The van der Waals surface area contributed by atoms with Gasteiger partial charge in [0.2, 0.25) is 5.95 Å². The van der Waals surface area contributed by atoms with Gasteiger partial charge in [0.15, 0.2) is 0 Å². The molecule has 4 rings (SSSR count). The minimum Gasteiger partial charge on any atom is -0.478 e. The summed E-state index contributed by atoms with van der Waals surface area (Å²) in [5.41, 5.74) is 5.19. The molecule has 0 aliphatic carbocycles. The van der Waals surface area contributed by atoms with Gasteiger partial charge in [-0.1, -0.05) is 23.7 Å². The Hall–Kier alpha value is -3.58. The number of carbonyl (C=O) groups is 1. The van der Waals surface area contributed by atoms with Crippen molar-refractivity contribution in [2.45, 2.75) is 0 Å². The fourth-order valence-corrected chi connectivity index (χ4v) is 2.78. The maximum atomic E-state index is 11.2. The van der Waals surface area contributed by atoms with E-state index in [0.29, 0.717) is 23.0 Å². The normalized spacial score (nSPS) is 11.3. The second-order valence-electron chi connectivity index (χ2n) is 5.67. The molecule has 27 heavy (non-hydrogen) atoms. The molecule has 0 saturated carbocycles. The van der Waals surface area contributed by atoms with Crippen LogP contribution in [0.25, 0.3) is 22.4 Å². The van der Waals surface area contributed by atoms with Gasteiger partial charge in [0.1, 0.15) is 11.5 Å². The number of halogens is 1. The topological polar surface area (TPSA) is 104 Å². The van der Waals surface area contributed by atoms with E-state index in [-0.39, 0.29) is 10.6 Å². The number of carboxylic acids is 1. The molecular weight excluding hydrogens is 368 g/mol. The summed E-state index contributed by atoms with van der Waals surface area (Å²) in [5, 5.41) is 13.4. The molecule has 4 aromatic rings. The van der Waals surface area contributed by atoms with E-state index >= 15 is 0 Å². The summed E-state index contributed by atoms with van der Waals surface area (Å²) in [6.45, 7) is 0. The van der Waals surface area contributed by atoms with Gasteiger partial charge >= 0.3 is 5.97 Å². The predicted molar refractivity (Wildman–Crippen MR) is 103 cm³/mol. The average molecular weight is 381 g/mol. The molecule has 0 atom stereocenters.